The largest absolute Gasteiger partial charge is 0.393 e. The minimum absolute atomic E-state index is 0.0649. The van der Waals surface area contributed by atoms with Crippen LogP contribution in [-0.4, -0.2) is 21.0 Å². The molecule has 1 N–H and O–H groups in total. The van der Waals surface area contributed by atoms with Crippen molar-refractivity contribution in [3.05, 3.63) is 30.0 Å². The molecule has 1 heterocycles. The second-order valence-corrected chi connectivity index (χ2v) is 6.01. The van der Waals surface area contributed by atoms with Gasteiger partial charge in [-0.1, -0.05) is 39.0 Å². The molecule has 0 fully saturated rings. The van der Waals surface area contributed by atoms with Gasteiger partial charge in [0.05, 0.1) is 17.3 Å². The quantitative estimate of drug-likeness (QED) is 0.904. The molecule has 0 saturated heterocycles. The van der Waals surface area contributed by atoms with Gasteiger partial charge in [-0.15, -0.1) is 0 Å². The molecular formula is C15H22N2O. The van der Waals surface area contributed by atoms with Crippen molar-refractivity contribution >= 4 is 10.9 Å². The number of aromatic nitrogens is 2. The molecular weight excluding hydrogens is 224 g/mol. The van der Waals surface area contributed by atoms with Crippen molar-refractivity contribution in [2.45, 2.75) is 39.7 Å². The number of fused-ring (bicyclic) bond motifs is 1. The molecule has 0 aliphatic carbocycles. The van der Waals surface area contributed by atoms with E-state index >= 15 is 0 Å². The summed E-state index contributed by atoms with van der Waals surface area (Å²) in [5.74, 6) is 0. The summed E-state index contributed by atoms with van der Waals surface area (Å²) in [6.45, 7) is 6.19. The Bertz CT molecular complexity index is 537. The lowest BCUT2D eigenvalue weighted by Gasteiger charge is -2.25. The van der Waals surface area contributed by atoms with E-state index < -0.39 is 0 Å². The zero-order chi connectivity index (χ0) is 13.3. The van der Waals surface area contributed by atoms with Crippen molar-refractivity contribution in [1.82, 2.24) is 9.78 Å². The third-order valence-electron chi connectivity index (χ3n) is 3.49. The van der Waals surface area contributed by atoms with Crippen LogP contribution in [-0.2, 0) is 13.5 Å². The fourth-order valence-electron chi connectivity index (χ4n) is 2.18. The number of hydrogen-bond donors (Lipinski definition) is 1. The van der Waals surface area contributed by atoms with Gasteiger partial charge >= 0.3 is 0 Å². The average Bonchev–Trinajstić information content (AvgIpc) is 2.63. The molecule has 3 heteroatoms. The molecule has 0 bridgehead atoms. The molecule has 18 heavy (non-hydrogen) atoms. The van der Waals surface area contributed by atoms with E-state index in [1.54, 1.807) is 0 Å². The Morgan fingerprint density at radius 3 is 2.61 bits per heavy atom. The Hall–Kier alpha value is -1.35. The Morgan fingerprint density at radius 2 is 1.94 bits per heavy atom. The molecule has 0 radical (unpaired) electrons. The lowest BCUT2D eigenvalue weighted by Crippen LogP contribution is -2.26. The van der Waals surface area contributed by atoms with Crippen molar-refractivity contribution in [2.24, 2.45) is 12.5 Å². The van der Waals surface area contributed by atoms with Gasteiger partial charge in [0.15, 0.2) is 0 Å². The maximum absolute atomic E-state index is 10.1. The van der Waals surface area contributed by atoms with E-state index in [1.165, 1.54) is 5.39 Å². The normalized spacial score (nSPS) is 14.1. The first-order chi connectivity index (χ1) is 8.39. The molecule has 0 aliphatic heterocycles. The second kappa shape index (κ2) is 4.73. The molecule has 2 rings (SSSR count). The van der Waals surface area contributed by atoms with E-state index in [9.17, 15) is 5.11 Å². The molecule has 1 unspecified atom stereocenters. The number of hydrogen-bond acceptors (Lipinski definition) is 2. The van der Waals surface area contributed by atoms with Crippen LogP contribution in [0.2, 0.25) is 0 Å². The number of rotatable bonds is 3. The molecule has 0 spiro atoms. The monoisotopic (exact) mass is 246 g/mol. The number of aliphatic hydroxyl groups is 1. The van der Waals surface area contributed by atoms with Crippen molar-refractivity contribution in [3.8, 4) is 0 Å². The lowest BCUT2D eigenvalue weighted by molar-refractivity contribution is 0.0558. The predicted octanol–water partition coefficient (Wildman–Crippen LogP) is 2.91. The van der Waals surface area contributed by atoms with Crippen molar-refractivity contribution in [3.63, 3.8) is 0 Å². The lowest BCUT2D eigenvalue weighted by atomic mass is 9.86. The van der Waals surface area contributed by atoms with E-state index in [2.05, 4.69) is 38.0 Å². The highest BCUT2D eigenvalue weighted by Gasteiger charge is 2.22. The van der Waals surface area contributed by atoms with Crippen molar-refractivity contribution < 1.29 is 5.11 Å². The van der Waals surface area contributed by atoms with Gasteiger partial charge in [-0.05, 0) is 24.3 Å². The highest BCUT2D eigenvalue weighted by Crippen LogP contribution is 2.25. The number of nitrogens with zero attached hydrogens (tertiary/aromatic N) is 2. The van der Waals surface area contributed by atoms with E-state index in [0.29, 0.717) is 0 Å². The van der Waals surface area contributed by atoms with Crippen LogP contribution in [0.25, 0.3) is 10.9 Å². The molecule has 0 saturated carbocycles. The van der Waals surface area contributed by atoms with Crippen LogP contribution in [0.1, 0.15) is 32.9 Å². The van der Waals surface area contributed by atoms with Crippen LogP contribution in [0.3, 0.4) is 0 Å². The number of para-hydroxylation sites is 1. The van der Waals surface area contributed by atoms with Gasteiger partial charge in [-0.2, -0.15) is 5.10 Å². The van der Waals surface area contributed by atoms with E-state index in [0.717, 1.165) is 24.1 Å². The van der Waals surface area contributed by atoms with Crippen LogP contribution in [0.5, 0.6) is 0 Å². The zero-order valence-corrected chi connectivity index (χ0v) is 11.6. The smallest absolute Gasteiger partial charge is 0.0704 e. The SMILES string of the molecule is Cn1nc(CCC(O)C(C)(C)C)c2ccccc21. The molecule has 1 atom stereocenters. The number of benzene rings is 1. The maximum Gasteiger partial charge on any atom is 0.0704 e. The highest BCUT2D eigenvalue weighted by molar-refractivity contribution is 5.81. The summed E-state index contributed by atoms with van der Waals surface area (Å²) in [6.07, 6.45) is 1.28. The second-order valence-electron chi connectivity index (χ2n) is 6.01. The highest BCUT2D eigenvalue weighted by atomic mass is 16.3. The van der Waals surface area contributed by atoms with Crippen LogP contribution in [0, 0.1) is 5.41 Å². The maximum atomic E-state index is 10.1. The van der Waals surface area contributed by atoms with Gasteiger partial charge < -0.3 is 5.11 Å². The summed E-state index contributed by atoms with van der Waals surface area (Å²) >= 11 is 0. The number of aliphatic hydroxyl groups excluding tert-OH is 1. The predicted molar refractivity (Wildman–Crippen MR) is 74.5 cm³/mol. The molecule has 1 aromatic heterocycles. The summed E-state index contributed by atoms with van der Waals surface area (Å²) in [4.78, 5) is 0. The van der Waals surface area contributed by atoms with Gasteiger partial charge in [-0.3, -0.25) is 4.68 Å². The van der Waals surface area contributed by atoms with Crippen LogP contribution < -0.4 is 0 Å². The van der Waals surface area contributed by atoms with Gasteiger partial charge in [0.1, 0.15) is 0 Å². The summed E-state index contributed by atoms with van der Waals surface area (Å²) < 4.78 is 1.91. The third-order valence-corrected chi connectivity index (χ3v) is 3.49. The fourth-order valence-corrected chi connectivity index (χ4v) is 2.18. The summed E-state index contributed by atoms with van der Waals surface area (Å²) in [6, 6.07) is 8.23. The van der Waals surface area contributed by atoms with Gasteiger partial charge in [-0.25, -0.2) is 0 Å². The van der Waals surface area contributed by atoms with Gasteiger partial charge in [0.25, 0.3) is 0 Å². The Morgan fingerprint density at radius 1 is 1.28 bits per heavy atom. The first kappa shape index (κ1) is 13.1. The molecule has 0 amide bonds. The van der Waals surface area contributed by atoms with Crippen LogP contribution >= 0.6 is 0 Å². The molecule has 0 aliphatic rings. The third kappa shape index (κ3) is 2.56. The summed E-state index contributed by atoms with van der Waals surface area (Å²) in [5, 5.41) is 15.8. The Labute approximate surface area is 108 Å². The average molecular weight is 246 g/mol. The molecule has 98 valence electrons. The van der Waals surface area contributed by atoms with E-state index in [1.807, 2.05) is 23.9 Å². The first-order valence-corrected chi connectivity index (χ1v) is 6.48. The van der Waals surface area contributed by atoms with E-state index in [-0.39, 0.29) is 11.5 Å². The minimum Gasteiger partial charge on any atom is -0.393 e. The fraction of sp³-hybridized carbons (Fsp3) is 0.533. The molecule has 1 aromatic carbocycles. The molecule has 2 aromatic rings. The van der Waals surface area contributed by atoms with Crippen molar-refractivity contribution in [2.75, 3.05) is 0 Å². The molecule has 3 nitrogen and oxygen atoms in total. The van der Waals surface area contributed by atoms with Crippen molar-refractivity contribution in [1.29, 1.82) is 0 Å². The van der Waals surface area contributed by atoms with Crippen LogP contribution in [0.15, 0.2) is 24.3 Å². The zero-order valence-electron chi connectivity index (χ0n) is 11.6. The summed E-state index contributed by atoms with van der Waals surface area (Å²) in [7, 11) is 1.96. The topological polar surface area (TPSA) is 38.0 Å². The Balaban J connectivity index is 2.18. The first-order valence-electron chi connectivity index (χ1n) is 6.48. The number of aryl methyl sites for hydroxylation is 2. The summed E-state index contributed by atoms with van der Waals surface area (Å²) in [5.41, 5.74) is 2.17. The Kier molecular flexibility index (Phi) is 3.44. The standard InChI is InChI=1S/C15H22N2O/c1-15(2,3)14(18)10-9-12-11-7-5-6-8-13(11)17(4)16-12/h5-8,14,18H,9-10H2,1-4H3. The van der Waals surface area contributed by atoms with Crippen LogP contribution in [0.4, 0.5) is 0 Å². The minimum atomic E-state index is -0.293. The van der Waals surface area contributed by atoms with E-state index in [4.69, 9.17) is 0 Å². The van der Waals surface area contributed by atoms with Gasteiger partial charge in [0.2, 0.25) is 0 Å². The van der Waals surface area contributed by atoms with Gasteiger partial charge in [0, 0.05) is 12.4 Å².